The third-order valence-electron chi connectivity index (χ3n) is 3.04. The summed E-state index contributed by atoms with van der Waals surface area (Å²) < 4.78 is 3.22. The van der Waals surface area contributed by atoms with E-state index in [9.17, 15) is 4.79 Å². The van der Waals surface area contributed by atoms with Crippen molar-refractivity contribution < 1.29 is 0 Å². The second-order valence-electron chi connectivity index (χ2n) is 4.39. The molecule has 2 aromatic rings. The molecule has 21 heavy (non-hydrogen) atoms. The molecule has 2 rings (SSSR count). The van der Waals surface area contributed by atoms with Crippen LogP contribution in [0.25, 0.3) is 5.65 Å². The van der Waals surface area contributed by atoms with E-state index >= 15 is 0 Å². The van der Waals surface area contributed by atoms with E-state index in [1.807, 2.05) is 12.1 Å². The Labute approximate surface area is 141 Å². The number of aromatic nitrogens is 2. The summed E-state index contributed by atoms with van der Waals surface area (Å²) in [6.45, 7) is 5.94. The first-order valence-electron chi connectivity index (χ1n) is 6.64. The third kappa shape index (κ3) is 4.05. The topological polar surface area (TPSA) is 37.6 Å². The first-order chi connectivity index (χ1) is 10.0. The number of thioether (sulfide) groups is 1. The molecule has 0 amide bonds. The summed E-state index contributed by atoms with van der Waals surface area (Å²) in [6.07, 6.45) is 1.72. The van der Waals surface area contributed by atoms with Gasteiger partial charge < -0.3 is 4.90 Å². The molecule has 0 saturated carbocycles. The summed E-state index contributed by atoms with van der Waals surface area (Å²) in [5.41, 5.74) is 1.32. The van der Waals surface area contributed by atoms with Crippen molar-refractivity contribution >= 4 is 49.9 Å². The fourth-order valence-electron chi connectivity index (χ4n) is 1.91. The van der Waals surface area contributed by atoms with Crippen molar-refractivity contribution in [3.8, 4) is 0 Å². The highest BCUT2D eigenvalue weighted by atomic mass is 79.9. The van der Waals surface area contributed by atoms with Crippen molar-refractivity contribution in [2.45, 2.75) is 19.6 Å². The quantitative estimate of drug-likeness (QED) is 0.754. The smallest absolute Gasteiger partial charge is 0.258 e. The van der Waals surface area contributed by atoms with Crippen molar-refractivity contribution in [1.82, 2.24) is 14.3 Å². The van der Waals surface area contributed by atoms with Crippen LogP contribution in [0.1, 0.15) is 19.5 Å². The van der Waals surface area contributed by atoms with Crippen LogP contribution < -0.4 is 5.56 Å². The zero-order valence-corrected chi connectivity index (χ0v) is 15.1. The lowest BCUT2D eigenvalue weighted by Gasteiger charge is -2.20. The number of halogens is 1. The molecule has 2 aromatic heterocycles. The van der Waals surface area contributed by atoms with Crippen molar-refractivity contribution in [3.05, 3.63) is 44.9 Å². The number of hydrogen-bond donors (Lipinski definition) is 0. The predicted molar refractivity (Wildman–Crippen MR) is 96.0 cm³/mol. The first-order valence-corrected chi connectivity index (χ1v) is 8.83. The van der Waals surface area contributed by atoms with E-state index in [4.69, 9.17) is 12.2 Å². The Hall–Kier alpha value is -0.920. The van der Waals surface area contributed by atoms with Gasteiger partial charge in [-0.25, -0.2) is 4.98 Å². The fourth-order valence-corrected chi connectivity index (χ4v) is 3.54. The number of fused-ring (bicyclic) bond motifs is 1. The molecule has 112 valence electrons. The molecule has 0 aliphatic carbocycles. The monoisotopic (exact) mass is 385 g/mol. The Balaban J connectivity index is 2.18. The zero-order valence-electron chi connectivity index (χ0n) is 11.9. The van der Waals surface area contributed by atoms with E-state index in [0.717, 1.165) is 27.6 Å². The van der Waals surface area contributed by atoms with Crippen LogP contribution in [0.5, 0.6) is 0 Å². The van der Waals surface area contributed by atoms with Gasteiger partial charge in [-0.3, -0.25) is 9.20 Å². The SMILES string of the molecule is CCN(CC)C(=S)SCc1cc(=O)n2cc(Br)ccc2n1. The average Bonchev–Trinajstić information content (AvgIpc) is 2.47. The highest BCUT2D eigenvalue weighted by Gasteiger charge is 2.08. The summed E-state index contributed by atoms with van der Waals surface area (Å²) in [5, 5.41) is 0. The minimum Gasteiger partial charge on any atom is -0.358 e. The first kappa shape index (κ1) is 16.5. The maximum Gasteiger partial charge on any atom is 0.258 e. The normalized spacial score (nSPS) is 10.8. The Morgan fingerprint density at radius 1 is 1.43 bits per heavy atom. The Morgan fingerprint density at radius 2 is 2.14 bits per heavy atom. The van der Waals surface area contributed by atoms with Gasteiger partial charge in [0.05, 0.1) is 5.69 Å². The standard InChI is InChI=1S/C14H16BrN3OS2/c1-3-17(4-2)14(20)21-9-11-7-13(19)18-8-10(15)5-6-12(18)16-11/h5-8H,3-4,9H2,1-2H3. The molecular weight excluding hydrogens is 370 g/mol. The highest BCUT2D eigenvalue weighted by molar-refractivity contribution is 9.10. The van der Waals surface area contributed by atoms with Crippen LogP contribution in [0.4, 0.5) is 0 Å². The highest BCUT2D eigenvalue weighted by Crippen LogP contribution is 2.16. The molecular formula is C14H16BrN3OS2. The van der Waals surface area contributed by atoms with Gasteiger partial charge in [-0.2, -0.15) is 0 Å². The predicted octanol–water partition coefficient (Wildman–Crippen LogP) is 3.32. The van der Waals surface area contributed by atoms with Crippen molar-refractivity contribution in [1.29, 1.82) is 0 Å². The second-order valence-corrected chi connectivity index (χ2v) is 6.91. The van der Waals surface area contributed by atoms with E-state index in [2.05, 4.69) is 39.7 Å². The van der Waals surface area contributed by atoms with E-state index in [-0.39, 0.29) is 5.56 Å². The lowest BCUT2D eigenvalue weighted by Crippen LogP contribution is -2.26. The largest absolute Gasteiger partial charge is 0.358 e. The zero-order chi connectivity index (χ0) is 15.4. The maximum absolute atomic E-state index is 12.1. The summed E-state index contributed by atoms with van der Waals surface area (Å²) >= 11 is 10.3. The average molecular weight is 386 g/mol. The van der Waals surface area contributed by atoms with Crippen LogP contribution in [0.15, 0.2) is 33.7 Å². The van der Waals surface area contributed by atoms with Gasteiger partial charge in [0.15, 0.2) is 0 Å². The van der Waals surface area contributed by atoms with Crippen LogP contribution in [-0.2, 0) is 5.75 Å². The van der Waals surface area contributed by atoms with Gasteiger partial charge >= 0.3 is 0 Å². The fraction of sp³-hybridized carbons (Fsp3) is 0.357. The van der Waals surface area contributed by atoms with Crippen LogP contribution >= 0.6 is 39.9 Å². The molecule has 0 radical (unpaired) electrons. The molecule has 7 heteroatoms. The summed E-state index contributed by atoms with van der Waals surface area (Å²) in [4.78, 5) is 18.7. The van der Waals surface area contributed by atoms with Crippen LogP contribution in [0, 0.1) is 0 Å². The van der Waals surface area contributed by atoms with Gasteiger partial charge in [0, 0.05) is 35.6 Å². The number of thiocarbonyl (C=S) groups is 1. The number of hydrogen-bond acceptors (Lipinski definition) is 4. The Morgan fingerprint density at radius 3 is 2.81 bits per heavy atom. The summed E-state index contributed by atoms with van der Waals surface area (Å²) in [7, 11) is 0. The molecule has 0 aliphatic heterocycles. The van der Waals surface area contributed by atoms with E-state index in [1.54, 1.807) is 24.0 Å². The number of rotatable bonds is 4. The molecule has 0 unspecified atom stereocenters. The molecule has 0 aliphatic rings. The summed E-state index contributed by atoms with van der Waals surface area (Å²) in [5.74, 6) is 0.608. The van der Waals surface area contributed by atoms with E-state index < -0.39 is 0 Å². The van der Waals surface area contributed by atoms with Crippen LogP contribution in [0.3, 0.4) is 0 Å². The Kier molecular flexibility index (Phi) is 5.78. The third-order valence-corrected chi connectivity index (χ3v) is 5.07. The molecule has 0 N–H and O–H groups in total. The van der Waals surface area contributed by atoms with Gasteiger partial charge in [-0.05, 0) is 41.9 Å². The molecule has 4 nitrogen and oxygen atoms in total. The van der Waals surface area contributed by atoms with Gasteiger partial charge in [-0.15, -0.1) is 0 Å². The minimum absolute atomic E-state index is 0.0781. The molecule has 0 saturated heterocycles. The molecule has 0 bridgehead atoms. The van der Waals surface area contributed by atoms with E-state index in [1.165, 1.54) is 4.40 Å². The van der Waals surface area contributed by atoms with Gasteiger partial charge in [-0.1, -0.05) is 24.0 Å². The van der Waals surface area contributed by atoms with Crippen molar-refractivity contribution in [2.75, 3.05) is 13.1 Å². The van der Waals surface area contributed by atoms with Gasteiger partial charge in [0.1, 0.15) is 9.97 Å². The lowest BCUT2D eigenvalue weighted by atomic mass is 10.4. The van der Waals surface area contributed by atoms with Gasteiger partial charge in [0.2, 0.25) is 0 Å². The second kappa shape index (κ2) is 7.38. The molecule has 0 aromatic carbocycles. The molecule has 0 spiro atoms. The van der Waals surface area contributed by atoms with Crippen LogP contribution in [-0.4, -0.2) is 31.7 Å². The molecule has 0 atom stereocenters. The minimum atomic E-state index is -0.0781. The van der Waals surface area contributed by atoms with Crippen molar-refractivity contribution in [2.24, 2.45) is 0 Å². The lowest BCUT2D eigenvalue weighted by molar-refractivity contribution is 0.482. The summed E-state index contributed by atoms with van der Waals surface area (Å²) in [6, 6.07) is 5.26. The van der Waals surface area contributed by atoms with Crippen LogP contribution in [0.2, 0.25) is 0 Å². The Bertz CT molecular complexity index is 713. The van der Waals surface area contributed by atoms with Crippen molar-refractivity contribution in [3.63, 3.8) is 0 Å². The van der Waals surface area contributed by atoms with E-state index in [0.29, 0.717) is 11.4 Å². The number of nitrogens with zero attached hydrogens (tertiary/aromatic N) is 3. The number of pyridine rings is 1. The molecule has 0 fully saturated rings. The maximum atomic E-state index is 12.1. The molecule has 2 heterocycles. The van der Waals surface area contributed by atoms with Gasteiger partial charge in [0.25, 0.3) is 5.56 Å².